The number of hydrogen-bond donors (Lipinski definition) is 1. The summed E-state index contributed by atoms with van der Waals surface area (Å²) >= 11 is 0. The second-order valence-corrected chi connectivity index (χ2v) is 5.94. The summed E-state index contributed by atoms with van der Waals surface area (Å²) in [6.45, 7) is 2.65. The van der Waals surface area contributed by atoms with E-state index in [0.717, 1.165) is 18.9 Å². The van der Waals surface area contributed by atoms with Crippen molar-refractivity contribution in [2.24, 2.45) is 0 Å². The van der Waals surface area contributed by atoms with Gasteiger partial charge in [0, 0.05) is 29.1 Å². The van der Waals surface area contributed by atoms with Crippen molar-refractivity contribution >= 4 is 16.6 Å². The molecule has 1 heterocycles. The predicted molar refractivity (Wildman–Crippen MR) is 97.0 cm³/mol. The average Bonchev–Trinajstić information content (AvgIpc) is 2.66. The number of nitrogens with zero attached hydrogens (tertiary/aromatic N) is 1. The van der Waals surface area contributed by atoms with Gasteiger partial charge in [-0.1, -0.05) is 25.5 Å². The van der Waals surface area contributed by atoms with Crippen molar-refractivity contribution in [1.82, 2.24) is 4.98 Å². The molecule has 0 fully saturated rings. The number of ether oxygens (including phenoxy) is 1. The van der Waals surface area contributed by atoms with Crippen LogP contribution in [0.5, 0.6) is 5.75 Å². The van der Waals surface area contributed by atoms with E-state index in [1.54, 1.807) is 31.4 Å². The zero-order valence-electron chi connectivity index (χ0n) is 14.6. The fraction of sp³-hybridized carbons (Fsp3) is 0.250. The first-order valence-corrected chi connectivity index (χ1v) is 8.41. The Hall–Kier alpha value is -2.76. The first-order valence-electron chi connectivity index (χ1n) is 8.41. The normalized spacial score (nSPS) is 11.0. The van der Waals surface area contributed by atoms with Crippen molar-refractivity contribution < 1.29 is 17.9 Å². The van der Waals surface area contributed by atoms with Crippen LogP contribution in [0, 0.1) is 17.5 Å². The molecule has 0 spiro atoms. The maximum absolute atomic E-state index is 14.6. The van der Waals surface area contributed by atoms with Crippen LogP contribution in [0.25, 0.3) is 21.9 Å². The van der Waals surface area contributed by atoms with E-state index in [1.807, 2.05) is 6.92 Å². The van der Waals surface area contributed by atoms with Gasteiger partial charge in [-0.3, -0.25) is 0 Å². The molecule has 0 atom stereocenters. The molecule has 0 aliphatic carbocycles. The smallest absolute Gasteiger partial charge is 0.195 e. The van der Waals surface area contributed by atoms with Crippen LogP contribution in [-0.4, -0.2) is 18.6 Å². The lowest BCUT2D eigenvalue weighted by Gasteiger charge is -2.14. The quantitative estimate of drug-likeness (QED) is 0.463. The third kappa shape index (κ3) is 3.31. The molecule has 3 rings (SSSR count). The van der Waals surface area contributed by atoms with E-state index in [1.165, 1.54) is 6.20 Å². The van der Waals surface area contributed by atoms with Crippen molar-refractivity contribution in [1.29, 1.82) is 0 Å². The van der Waals surface area contributed by atoms with E-state index in [4.69, 9.17) is 4.74 Å². The summed E-state index contributed by atoms with van der Waals surface area (Å²) in [7, 11) is 1.54. The number of methoxy groups -OCH3 is 1. The molecule has 0 amide bonds. The van der Waals surface area contributed by atoms with Gasteiger partial charge in [0.05, 0.1) is 7.11 Å². The summed E-state index contributed by atoms with van der Waals surface area (Å²) in [5.74, 6) is -2.96. The van der Waals surface area contributed by atoms with Crippen LogP contribution in [0.15, 0.2) is 36.5 Å². The van der Waals surface area contributed by atoms with E-state index in [9.17, 15) is 13.2 Å². The van der Waals surface area contributed by atoms with E-state index in [2.05, 4.69) is 10.3 Å². The molecule has 0 bridgehead atoms. The average molecular weight is 360 g/mol. The summed E-state index contributed by atoms with van der Waals surface area (Å²) in [6.07, 6.45) is 3.32. The monoisotopic (exact) mass is 360 g/mol. The number of unbranched alkanes of at least 4 members (excludes halogenated alkanes) is 1. The van der Waals surface area contributed by atoms with Crippen molar-refractivity contribution in [3.05, 3.63) is 54.0 Å². The molecule has 1 aromatic heterocycles. The van der Waals surface area contributed by atoms with Crippen molar-refractivity contribution in [3.8, 4) is 16.9 Å². The fourth-order valence-corrected chi connectivity index (χ4v) is 2.82. The maximum Gasteiger partial charge on any atom is 0.195 e. The third-order valence-corrected chi connectivity index (χ3v) is 4.23. The zero-order valence-corrected chi connectivity index (χ0v) is 14.6. The summed E-state index contributed by atoms with van der Waals surface area (Å²) in [4.78, 5) is 4.31. The van der Waals surface area contributed by atoms with Crippen LogP contribution in [0.1, 0.15) is 19.8 Å². The number of pyridine rings is 1. The van der Waals surface area contributed by atoms with Gasteiger partial charge in [0.25, 0.3) is 0 Å². The number of halogens is 3. The highest BCUT2D eigenvalue weighted by Crippen LogP contribution is 2.36. The van der Waals surface area contributed by atoms with Crippen LogP contribution in [0.4, 0.5) is 19.0 Å². The SMILES string of the molecule is CCCCNc1ncc(-c2ccc(OC)cc2)c2c(F)c(F)c(F)cc12. The summed E-state index contributed by atoms with van der Waals surface area (Å²) in [5, 5.41) is 3.29. The number of hydrogen-bond acceptors (Lipinski definition) is 3. The van der Waals surface area contributed by atoms with E-state index in [0.29, 0.717) is 29.2 Å². The van der Waals surface area contributed by atoms with Gasteiger partial charge >= 0.3 is 0 Å². The van der Waals surface area contributed by atoms with Gasteiger partial charge in [-0.05, 0) is 30.2 Å². The minimum absolute atomic E-state index is 0.00284. The molecular formula is C20H19F3N2O. The van der Waals surface area contributed by atoms with E-state index < -0.39 is 17.5 Å². The maximum atomic E-state index is 14.6. The molecule has 0 saturated carbocycles. The minimum atomic E-state index is -1.49. The number of fused-ring (bicyclic) bond motifs is 1. The Morgan fingerprint density at radius 1 is 1.08 bits per heavy atom. The molecule has 26 heavy (non-hydrogen) atoms. The van der Waals surface area contributed by atoms with E-state index in [-0.39, 0.29) is 10.8 Å². The fourth-order valence-electron chi connectivity index (χ4n) is 2.82. The standard InChI is InChI=1S/C20H19F3N2O/c1-3-4-9-24-20-14-10-16(21)18(22)19(23)17(14)15(11-25-20)12-5-7-13(26-2)8-6-12/h5-8,10-11H,3-4,9H2,1-2H3,(H,24,25). The van der Waals surface area contributed by atoms with Crippen molar-refractivity contribution in [3.63, 3.8) is 0 Å². The molecule has 6 heteroatoms. The van der Waals surface area contributed by atoms with Crippen molar-refractivity contribution in [2.75, 3.05) is 19.0 Å². The minimum Gasteiger partial charge on any atom is -0.497 e. The Labute approximate surface area is 149 Å². The van der Waals surface area contributed by atoms with Gasteiger partial charge in [-0.2, -0.15) is 0 Å². The molecule has 136 valence electrons. The molecule has 0 radical (unpaired) electrons. The number of aromatic nitrogens is 1. The van der Waals surface area contributed by atoms with Crippen LogP contribution in [0.2, 0.25) is 0 Å². The lowest BCUT2D eigenvalue weighted by molar-refractivity contribution is 0.415. The Kier molecular flexibility index (Phi) is 5.30. The molecule has 0 aliphatic heterocycles. The van der Waals surface area contributed by atoms with Gasteiger partial charge in [0.15, 0.2) is 17.5 Å². The lowest BCUT2D eigenvalue weighted by atomic mass is 9.99. The molecule has 3 nitrogen and oxygen atoms in total. The van der Waals surface area contributed by atoms with Crippen LogP contribution in [0.3, 0.4) is 0 Å². The summed E-state index contributed by atoms with van der Waals surface area (Å²) in [6, 6.07) is 7.86. The van der Waals surface area contributed by atoms with Crippen molar-refractivity contribution in [2.45, 2.75) is 19.8 Å². The Balaban J connectivity index is 2.20. The topological polar surface area (TPSA) is 34.2 Å². The molecule has 2 aromatic carbocycles. The highest BCUT2D eigenvalue weighted by atomic mass is 19.2. The largest absolute Gasteiger partial charge is 0.497 e. The zero-order chi connectivity index (χ0) is 18.7. The first kappa shape index (κ1) is 18.0. The molecule has 0 aliphatic rings. The van der Waals surface area contributed by atoms with Gasteiger partial charge in [-0.25, -0.2) is 18.2 Å². The number of benzene rings is 2. The lowest BCUT2D eigenvalue weighted by Crippen LogP contribution is -2.05. The molecule has 0 unspecified atom stereocenters. The van der Waals surface area contributed by atoms with Gasteiger partial charge < -0.3 is 10.1 Å². The predicted octanol–water partition coefficient (Wildman–Crippen LogP) is 5.54. The van der Waals surface area contributed by atoms with Crippen LogP contribution in [-0.2, 0) is 0 Å². The number of rotatable bonds is 6. The molecular weight excluding hydrogens is 341 g/mol. The highest BCUT2D eigenvalue weighted by molar-refractivity contribution is 6.02. The Morgan fingerprint density at radius 3 is 2.46 bits per heavy atom. The summed E-state index contributed by atoms with van der Waals surface area (Å²) < 4.78 is 47.5. The van der Waals surface area contributed by atoms with Gasteiger partial charge in [0.2, 0.25) is 0 Å². The molecule has 1 N–H and O–H groups in total. The Bertz CT molecular complexity index is 927. The van der Waals surface area contributed by atoms with Crippen LogP contribution >= 0.6 is 0 Å². The third-order valence-electron chi connectivity index (χ3n) is 4.23. The number of nitrogens with one attached hydrogen (secondary N) is 1. The molecule has 3 aromatic rings. The highest BCUT2D eigenvalue weighted by Gasteiger charge is 2.20. The van der Waals surface area contributed by atoms with Crippen LogP contribution < -0.4 is 10.1 Å². The van der Waals surface area contributed by atoms with Gasteiger partial charge in [0.1, 0.15) is 11.6 Å². The first-order chi connectivity index (χ1) is 12.6. The van der Waals surface area contributed by atoms with E-state index >= 15 is 0 Å². The van der Waals surface area contributed by atoms with Gasteiger partial charge in [-0.15, -0.1) is 0 Å². The molecule has 0 saturated heterocycles. The Morgan fingerprint density at radius 2 is 1.81 bits per heavy atom. The second-order valence-electron chi connectivity index (χ2n) is 5.94. The summed E-state index contributed by atoms with van der Waals surface area (Å²) in [5.41, 5.74) is 1.02. The second kappa shape index (κ2) is 7.64. The number of anilines is 1.